The Bertz CT molecular complexity index is 715. The predicted molar refractivity (Wildman–Crippen MR) is 101 cm³/mol. The molecule has 1 aliphatic carbocycles. The van der Waals surface area contributed by atoms with E-state index in [1.54, 1.807) is 7.11 Å². The number of carbonyl (C=O) groups is 1. The fourth-order valence-corrected chi connectivity index (χ4v) is 3.81. The Morgan fingerprint density at radius 3 is 2.48 bits per heavy atom. The Morgan fingerprint density at radius 2 is 1.80 bits per heavy atom. The number of carbonyl (C=O) groups excluding carboxylic acids is 1. The van der Waals surface area contributed by atoms with Crippen molar-refractivity contribution in [2.75, 3.05) is 7.11 Å². The van der Waals surface area contributed by atoms with E-state index in [1.165, 1.54) is 12.0 Å². The molecule has 2 aromatic rings. The zero-order valence-corrected chi connectivity index (χ0v) is 15.2. The summed E-state index contributed by atoms with van der Waals surface area (Å²) in [6, 6.07) is 16.3. The molecule has 3 rings (SSSR count). The average molecular weight is 337 g/mol. The molecule has 0 bridgehead atoms. The van der Waals surface area contributed by atoms with Crippen LogP contribution < -0.4 is 10.1 Å². The van der Waals surface area contributed by atoms with Gasteiger partial charge in [-0.25, -0.2) is 0 Å². The lowest BCUT2D eigenvalue weighted by molar-refractivity contribution is -0.128. The maximum absolute atomic E-state index is 13.2. The normalized spacial score (nSPS) is 16.2. The average Bonchev–Trinajstić information content (AvgIpc) is 2.67. The molecule has 1 N–H and O–H groups in total. The molecule has 0 heterocycles. The number of aryl methyl sites for hydroxylation is 1. The minimum absolute atomic E-state index is 0.152. The van der Waals surface area contributed by atoms with Gasteiger partial charge >= 0.3 is 0 Å². The van der Waals surface area contributed by atoms with Gasteiger partial charge in [0.25, 0.3) is 0 Å². The zero-order chi connectivity index (χ0) is 17.7. The highest BCUT2D eigenvalue weighted by molar-refractivity contribution is 5.88. The van der Waals surface area contributed by atoms with Crippen molar-refractivity contribution in [3.8, 4) is 5.75 Å². The van der Waals surface area contributed by atoms with Gasteiger partial charge in [0.05, 0.1) is 12.5 Å². The summed E-state index contributed by atoms with van der Waals surface area (Å²) in [6.45, 7) is 2.61. The van der Waals surface area contributed by atoms with Crippen LogP contribution in [0.15, 0.2) is 48.5 Å². The van der Waals surface area contributed by atoms with Crippen molar-refractivity contribution in [2.24, 2.45) is 0 Å². The molecule has 25 heavy (non-hydrogen) atoms. The highest BCUT2D eigenvalue weighted by Gasteiger charge is 2.40. The monoisotopic (exact) mass is 337 g/mol. The van der Waals surface area contributed by atoms with Crippen LogP contribution in [0.25, 0.3) is 0 Å². The summed E-state index contributed by atoms with van der Waals surface area (Å²) in [6.07, 6.45) is 5.30. The van der Waals surface area contributed by atoms with Gasteiger partial charge in [-0.05, 0) is 43.0 Å². The summed E-state index contributed by atoms with van der Waals surface area (Å²) >= 11 is 0. The first-order valence-electron chi connectivity index (χ1n) is 9.12. The number of hydrogen-bond acceptors (Lipinski definition) is 2. The SMILES string of the molecule is COc1cccc(CNC(=O)C2(c3ccc(C)cc3)CCCCC2)c1. The van der Waals surface area contributed by atoms with Crippen LogP contribution in [0.5, 0.6) is 5.75 Å². The first kappa shape index (κ1) is 17.5. The van der Waals surface area contributed by atoms with Gasteiger partial charge in [-0.1, -0.05) is 61.2 Å². The lowest BCUT2D eigenvalue weighted by Crippen LogP contribution is -2.45. The van der Waals surface area contributed by atoms with Crippen molar-refractivity contribution in [1.29, 1.82) is 0 Å². The van der Waals surface area contributed by atoms with Gasteiger partial charge in [0, 0.05) is 6.54 Å². The van der Waals surface area contributed by atoms with Gasteiger partial charge in [0.1, 0.15) is 5.75 Å². The van der Waals surface area contributed by atoms with Gasteiger partial charge in [-0.15, -0.1) is 0 Å². The van der Waals surface area contributed by atoms with Crippen LogP contribution in [-0.2, 0) is 16.8 Å². The second-order valence-corrected chi connectivity index (χ2v) is 7.04. The van der Waals surface area contributed by atoms with E-state index in [2.05, 4.69) is 36.5 Å². The summed E-state index contributed by atoms with van der Waals surface area (Å²) in [5.41, 5.74) is 3.06. The molecule has 0 aliphatic heterocycles. The molecule has 0 aromatic heterocycles. The second kappa shape index (κ2) is 7.73. The van der Waals surface area contributed by atoms with Crippen LogP contribution >= 0.6 is 0 Å². The Hall–Kier alpha value is -2.29. The molecule has 0 atom stereocenters. The maximum atomic E-state index is 13.2. The Kier molecular flexibility index (Phi) is 5.42. The number of methoxy groups -OCH3 is 1. The van der Waals surface area contributed by atoms with Crippen LogP contribution in [0.3, 0.4) is 0 Å². The number of hydrogen-bond donors (Lipinski definition) is 1. The largest absolute Gasteiger partial charge is 0.497 e. The summed E-state index contributed by atoms with van der Waals surface area (Å²) in [4.78, 5) is 13.2. The topological polar surface area (TPSA) is 38.3 Å². The van der Waals surface area contributed by atoms with E-state index in [1.807, 2.05) is 24.3 Å². The zero-order valence-electron chi connectivity index (χ0n) is 15.2. The Morgan fingerprint density at radius 1 is 1.08 bits per heavy atom. The maximum Gasteiger partial charge on any atom is 0.230 e. The van der Waals surface area contributed by atoms with Crippen molar-refractivity contribution in [3.05, 3.63) is 65.2 Å². The van der Waals surface area contributed by atoms with E-state index in [9.17, 15) is 4.79 Å². The van der Waals surface area contributed by atoms with E-state index in [-0.39, 0.29) is 11.3 Å². The van der Waals surface area contributed by atoms with Crippen LogP contribution in [0.2, 0.25) is 0 Å². The third-order valence-corrected chi connectivity index (χ3v) is 5.33. The molecule has 0 spiro atoms. The highest BCUT2D eigenvalue weighted by Crippen LogP contribution is 2.40. The van der Waals surface area contributed by atoms with E-state index < -0.39 is 0 Å². The molecule has 2 aromatic carbocycles. The highest BCUT2D eigenvalue weighted by atomic mass is 16.5. The van der Waals surface area contributed by atoms with Crippen LogP contribution in [-0.4, -0.2) is 13.0 Å². The van der Waals surface area contributed by atoms with Gasteiger partial charge in [-0.3, -0.25) is 4.79 Å². The number of benzene rings is 2. The van der Waals surface area contributed by atoms with E-state index in [4.69, 9.17) is 4.74 Å². The number of nitrogens with one attached hydrogen (secondary N) is 1. The van der Waals surface area contributed by atoms with E-state index in [0.717, 1.165) is 42.6 Å². The fraction of sp³-hybridized carbons (Fsp3) is 0.409. The smallest absolute Gasteiger partial charge is 0.230 e. The van der Waals surface area contributed by atoms with E-state index >= 15 is 0 Å². The quantitative estimate of drug-likeness (QED) is 0.871. The Balaban J connectivity index is 1.78. The first-order valence-corrected chi connectivity index (χ1v) is 9.12. The van der Waals surface area contributed by atoms with Crippen molar-refractivity contribution in [2.45, 2.75) is 51.0 Å². The standard InChI is InChI=1S/C22H27NO2/c1-17-9-11-19(12-10-17)22(13-4-3-5-14-22)21(24)23-16-18-7-6-8-20(15-18)25-2/h6-12,15H,3-5,13-14,16H2,1-2H3,(H,23,24). The van der Waals surface area contributed by atoms with Crippen LogP contribution in [0, 0.1) is 6.92 Å². The molecule has 132 valence electrons. The molecule has 0 unspecified atom stereocenters. The van der Waals surface area contributed by atoms with Gasteiger partial charge in [-0.2, -0.15) is 0 Å². The number of ether oxygens (including phenoxy) is 1. The van der Waals surface area contributed by atoms with Crippen molar-refractivity contribution >= 4 is 5.91 Å². The second-order valence-electron chi connectivity index (χ2n) is 7.04. The molecule has 1 saturated carbocycles. The summed E-state index contributed by atoms with van der Waals surface area (Å²) in [7, 11) is 1.66. The molecule has 0 radical (unpaired) electrons. The fourth-order valence-electron chi connectivity index (χ4n) is 3.81. The van der Waals surface area contributed by atoms with Crippen molar-refractivity contribution < 1.29 is 9.53 Å². The molecular weight excluding hydrogens is 310 g/mol. The lowest BCUT2D eigenvalue weighted by Gasteiger charge is -2.36. The number of rotatable bonds is 5. The van der Waals surface area contributed by atoms with Crippen molar-refractivity contribution in [3.63, 3.8) is 0 Å². The van der Waals surface area contributed by atoms with Crippen LogP contribution in [0.1, 0.15) is 48.8 Å². The van der Waals surface area contributed by atoms with Gasteiger partial charge in [0.2, 0.25) is 5.91 Å². The summed E-state index contributed by atoms with van der Waals surface area (Å²) in [5.74, 6) is 0.969. The molecule has 1 fully saturated rings. The minimum atomic E-state index is -0.384. The number of amides is 1. The third-order valence-electron chi connectivity index (χ3n) is 5.33. The Labute approximate surface area is 150 Å². The van der Waals surface area contributed by atoms with Crippen molar-refractivity contribution in [1.82, 2.24) is 5.32 Å². The molecule has 1 amide bonds. The molecule has 3 nitrogen and oxygen atoms in total. The van der Waals surface area contributed by atoms with Gasteiger partial charge < -0.3 is 10.1 Å². The first-order chi connectivity index (χ1) is 12.1. The van der Waals surface area contributed by atoms with E-state index in [0.29, 0.717) is 6.54 Å². The molecule has 1 aliphatic rings. The molecule has 3 heteroatoms. The summed E-state index contributed by atoms with van der Waals surface area (Å²) < 4.78 is 5.27. The predicted octanol–water partition coefficient (Wildman–Crippen LogP) is 4.52. The minimum Gasteiger partial charge on any atom is -0.497 e. The third kappa shape index (κ3) is 3.87. The lowest BCUT2D eigenvalue weighted by atomic mass is 9.68. The van der Waals surface area contributed by atoms with Crippen LogP contribution in [0.4, 0.5) is 0 Å². The summed E-state index contributed by atoms with van der Waals surface area (Å²) in [5, 5.41) is 3.18. The molecule has 0 saturated heterocycles. The molecular formula is C22H27NO2. The van der Waals surface area contributed by atoms with Gasteiger partial charge in [0.15, 0.2) is 0 Å².